The molecular formula is C4H9N2NaO2S. The fourth-order valence-corrected chi connectivity index (χ4v) is 0.221. The minimum absolute atomic E-state index is 0. The second-order valence-electron chi connectivity index (χ2n) is 1.29. The summed E-state index contributed by atoms with van der Waals surface area (Å²) in [5.41, 5.74) is 6.99. The SMILES string of the molecule is CCC(=O)ONC(N)=S.[NaH]. The number of rotatable bonds is 1. The number of nitrogens with two attached hydrogens (primary N) is 1. The van der Waals surface area contributed by atoms with Crippen LogP contribution < -0.4 is 11.2 Å². The van der Waals surface area contributed by atoms with Crippen molar-refractivity contribution in [1.29, 1.82) is 0 Å². The van der Waals surface area contributed by atoms with Crippen molar-refractivity contribution < 1.29 is 9.63 Å². The van der Waals surface area contributed by atoms with Crippen molar-refractivity contribution in [3.63, 3.8) is 0 Å². The molecule has 0 bridgehead atoms. The third-order valence-electron chi connectivity index (χ3n) is 0.554. The van der Waals surface area contributed by atoms with Crippen molar-refractivity contribution >= 4 is 52.9 Å². The molecular weight excluding hydrogens is 163 g/mol. The van der Waals surface area contributed by atoms with Crippen LogP contribution in [0.3, 0.4) is 0 Å². The fraction of sp³-hybridized carbons (Fsp3) is 0.500. The summed E-state index contributed by atoms with van der Waals surface area (Å²) in [5.74, 6) is -0.386. The van der Waals surface area contributed by atoms with Gasteiger partial charge in [-0.15, -0.1) is 0 Å². The zero-order valence-electron chi connectivity index (χ0n) is 5.01. The molecule has 0 heterocycles. The maximum absolute atomic E-state index is 10.3. The van der Waals surface area contributed by atoms with E-state index in [2.05, 4.69) is 22.5 Å². The van der Waals surface area contributed by atoms with Gasteiger partial charge in [0, 0.05) is 6.42 Å². The first kappa shape index (κ1) is 12.8. The van der Waals surface area contributed by atoms with Crippen molar-refractivity contribution in [2.24, 2.45) is 5.73 Å². The van der Waals surface area contributed by atoms with Crippen molar-refractivity contribution in [3.8, 4) is 0 Å². The fourth-order valence-electron chi connectivity index (χ4n) is 0.179. The van der Waals surface area contributed by atoms with E-state index in [0.717, 1.165) is 0 Å². The van der Waals surface area contributed by atoms with E-state index in [1.54, 1.807) is 6.92 Å². The first-order chi connectivity index (χ1) is 4.16. The van der Waals surface area contributed by atoms with Gasteiger partial charge in [0.2, 0.25) is 0 Å². The molecule has 4 nitrogen and oxygen atoms in total. The van der Waals surface area contributed by atoms with Crippen LogP contribution in [-0.2, 0) is 9.63 Å². The second kappa shape index (κ2) is 7.27. The van der Waals surface area contributed by atoms with Gasteiger partial charge in [0.15, 0.2) is 5.11 Å². The van der Waals surface area contributed by atoms with Gasteiger partial charge in [-0.3, -0.25) is 0 Å². The van der Waals surface area contributed by atoms with E-state index in [4.69, 9.17) is 5.73 Å². The quantitative estimate of drug-likeness (QED) is 0.303. The molecule has 0 aliphatic heterocycles. The Morgan fingerprint density at radius 2 is 2.30 bits per heavy atom. The summed E-state index contributed by atoms with van der Waals surface area (Å²) < 4.78 is 0. The molecule has 0 saturated heterocycles. The molecule has 0 radical (unpaired) electrons. The molecule has 0 aromatic rings. The molecule has 54 valence electrons. The predicted molar refractivity (Wildman–Crippen MR) is 43.5 cm³/mol. The molecule has 0 aliphatic carbocycles. The molecule has 6 heteroatoms. The van der Waals surface area contributed by atoms with Crippen LogP contribution in [0.2, 0.25) is 0 Å². The number of nitrogens with one attached hydrogen (secondary N) is 1. The zero-order chi connectivity index (χ0) is 7.28. The molecule has 0 spiro atoms. The monoisotopic (exact) mass is 172 g/mol. The van der Waals surface area contributed by atoms with Crippen LogP contribution in [0, 0.1) is 0 Å². The van der Waals surface area contributed by atoms with E-state index in [-0.39, 0.29) is 40.6 Å². The molecule has 0 aromatic heterocycles. The molecule has 0 aliphatic rings. The van der Waals surface area contributed by atoms with E-state index >= 15 is 0 Å². The topological polar surface area (TPSA) is 64.3 Å². The molecule has 0 rings (SSSR count). The molecule has 3 N–H and O–H groups in total. The van der Waals surface area contributed by atoms with E-state index in [1.807, 2.05) is 0 Å². The normalized spacial score (nSPS) is 7.30. The Labute approximate surface area is 86.7 Å². The van der Waals surface area contributed by atoms with Gasteiger partial charge in [-0.2, -0.15) is 5.48 Å². The Bertz CT molecular complexity index is 130. The summed E-state index contributed by atoms with van der Waals surface area (Å²) in [6.07, 6.45) is 0.301. The predicted octanol–water partition coefficient (Wildman–Crippen LogP) is -0.961. The Hall–Kier alpha value is 0.160. The van der Waals surface area contributed by atoms with Crippen LogP contribution in [0.1, 0.15) is 13.3 Å². The van der Waals surface area contributed by atoms with Crippen LogP contribution in [0.4, 0.5) is 0 Å². The van der Waals surface area contributed by atoms with Crippen molar-refractivity contribution in [3.05, 3.63) is 0 Å². The van der Waals surface area contributed by atoms with E-state index in [1.165, 1.54) is 0 Å². The number of carbonyl (C=O) groups excluding carboxylic acids is 1. The van der Waals surface area contributed by atoms with Crippen molar-refractivity contribution in [2.45, 2.75) is 13.3 Å². The zero-order valence-corrected chi connectivity index (χ0v) is 5.83. The first-order valence-electron chi connectivity index (χ1n) is 2.42. The molecule has 0 amide bonds. The minimum atomic E-state index is -0.386. The Morgan fingerprint density at radius 1 is 1.80 bits per heavy atom. The van der Waals surface area contributed by atoms with Gasteiger partial charge in [0.25, 0.3) is 0 Å². The van der Waals surface area contributed by atoms with Crippen LogP contribution >= 0.6 is 12.2 Å². The third kappa shape index (κ3) is 8.16. The van der Waals surface area contributed by atoms with Gasteiger partial charge in [-0.25, -0.2) is 4.79 Å². The summed E-state index contributed by atoms with van der Waals surface area (Å²) >= 11 is 4.35. The van der Waals surface area contributed by atoms with Gasteiger partial charge < -0.3 is 10.6 Å². The summed E-state index contributed by atoms with van der Waals surface area (Å²) in [7, 11) is 0. The molecule has 0 fully saturated rings. The van der Waals surface area contributed by atoms with Crippen LogP contribution in [-0.4, -0.2) is 40.6 Å². The number of hydrogen-bond acceptors (Lipinski definition) is 3. The molecule has 0 unspecified atom stereocenters. The van der Waals surface area contributed by atoms with Gasteiger partial charge in [-0.1, -0.05) is 6.92 Å². The summed E-state index contributed by atoms with van der Waals surface area (Å²) in [4.78, 5) is 14.6. The van der Waals surface area contributed by atoms with Crippen LogP contribution in [0.15, 0.2) is 0 Å². The molecule has 0 saturated carbocycles. The van der Waals surface area contributed by atoms with Gasteiger partial charge in [0.1, 0.15) is 0 Å². The Kier molecular flexibility index (Phi) is 9.31. The average molecular weight is 172 g/mol. The van der Waals surface area contributed by atoms with Gasteiger partial charge in [0.05, 0.1) is 0 Å². The number of thiocarbonyl (C=S) groups is 1. The summed E-state index contributed by atoms with van der Waals surface area (Å²) in [6, 6.07) is 0. The molecule has 0 aromatic carbocycles. The van der Waals surface area contributed by atoms with E-state index in [0.29, 0.717) is 6.42 Å². The van der Waals surface area contributed by atoms with Gasteiger partial charge >= 0.3 is 35.5 Å². The number of hydroxylamine groups is 1. The average Bonchev–Trinajstić information content (AvgIpc) is 1.83. The van der Waals surface area contributed by atoms with Gasteiger partial charge in [-0.05, 0) is 12.2 Å². The van der Waals surface area contributed by atoms with E-state index in [9.17, 15) is 4.79 Å². The number of hydrogen-bond donors (Lipinski definition) is 2. The standard InChI is InChI=1S/C4H8N2O2S.Na.H/c1-2-3(7)8-6-4(5)9;;/h2H2,1H3,(H3,5,6,9);;. The Morgan fingerprint density at radius 3 is 2.60 bits per heavy atom. The van der Waals surface area contributed by atoms with E-state index < -0.39 is 0 Å². The first-order valence-corrected chi connectivity index (χ1v) is 2.82. The van der Waals surface area contributed by atoms with Crippen molar-refractivity contribution in [2.75, 3.05) is 0 Å². The van der Waals surface area contributed by atoms with Crippen molar-refractivity contribution in [1.82, 2.24) is 5.48 Å². The maximum atomic E-state index is 10.3. The Balaban J connectivity index is 0. The number of carbonyl (C=O) groups is 1. The van der Waals surface area contributed by atoms with Crippen LogP contribution in [0.5, 0.6) is 0 Å². The molecule has 0 atom stereocenters. The second-order valence-corrected chi connectivity index (χ2v) is 1.73. The molecule has 10 heavy (non-hydrogen) atoms. The summed E-state index contributed by atoms with van der Waals surface area (Å²) in [5, 5.41) is -0.0446. The van der Waals surface area contributed by atoms with Crippen LogP contribution in [0.25, 0.3) is 0 Å². The third-order valence-corrected chi connectivity index (χ3v) is 0.637. The summed E-state index contributed by atoms with van der Waals surface area (Å²) in [6.45, 7) is 1.67.